The van der Waals surface area contributed by atoms with Crippen LogP contribution in [0.1, 0.15) is 37.7 Å². The monoisotopic (exact) mass is 319 g/mol. The first-order valence-corrected chi connectivity index (χ1v) is 8.07. The number of halogens is 1. The maximum atomic E-state index is 13.2. The summed E-state index contributed by atoms with van der Waals surface area (Å²) in [6, 6.07) is 6.03. The van der Waals surface area contributed by atoms with Crippen molar-refractivity contribution in [2.75, 3.05) is 13.7 Å². The summed E-state index contributed by atoms with van der Waals surface area (Å²) < 4.78 is 13.2. The molecular weight excluding hydrogens is 297 g/mol. The summed E-state index contributed by atoms with van der Waals surface area (Å²) in [5, 5.41) is 2.90. The summed E-state index contributed by atoms with van der Waals surface area (Å²) in [7, 11) is 1.82. The Bertz CT molecular complexity index is 614. The molecule has 3 rings (SSSR count). The van der Waals surface area contributed by atoms with Gasteiger partial charge in [0.25, 0.3) is 5.91 Å². The van der Waals surface area contributed by atoms with Crippen LogP contribution in [0, 0.1) is 5.82 Å². The molecular formula is C17H22FN3O2. The van der Waals surface area contributed by atoms with Gasteiger partial charge in [-0.15, -0.1) is 0 Å². The molecule has 5 nitrogen and oxygen atoms in total. The first kappa shape index (κ1) is 15.9. The fourth-order valence-electron chi connectivity index (χ4n) is 3.54. The van der Waals surface area contributed by atoms with E-state index < -0.39 is 5.54 Å². The van der Waals surface area contributed by atoms with E-state index in [2.05, 4.69) is 5.32 Å². The number of rotatable bonds is 4. The minimum Gasteiger partial charge on any atom is -0.323 e. The van der Waals surface area contributed by atoms with Gasteiger partial charge in [0.15, 0.2) is 0 Å². The average Bonchev–Trinajstić information content (AvgIpc) is 2.72. The molecule has 0 radical (unpaired) electrons. The van der Waals surface area contributed by atoms with Gasteiger partial charge in [-0.25, -0.2) is 14.1 Å². The van der Waals surface area contributed by atoms with Crippen molar-refractivity contribution in [1.82, 2.24) is 15.1 Å². The lowest BCUT2D eigenvalue weighted by Crippen LogP contribution is -2.48. The Balaban J connectivity index is 1.65. The Morgan fingerprint density at radius 1 is 1.26 bits per heavy atom. The molecule has 0 atom stereocenters. The van der Waals surface area contributed by atoms with E-state index >= 15 is 0 Å². The highest BCUT2D eigenvalue weighted by molar-refractivity contribution is 6.07. The van der Waals surface area contributed by atoms with Gasteiger partial charge in [0, 0.05) is 6.54 Å². The van der Waals surface area contributed by atoms with Crippen LogP contribution in [0.3, 0.4) is 0 Å². The van der Waals surface area contributed by atoms with E-state index in [0.717, 1.165) is 37.7 Å². The molecule has 0 bridgehead atoms. The van der Waals surface area contributed by atoms with E-state index in [0.29, 0.717) is 6.54 Å². The molecule has 1 aromatic carbocycles. The molecule has 3 amide bonds. The van der Waals surface area contributed by atoms with Gasteiger partial charge in [-0.05, 0) is 37.6 Å². The molecule has 1 saturated heterocycles. The molecule has 2 aliphatic rings. The van der Waals surface area contributed by atoms with E-state index in [9.17, 15) is 14.0 Å². The highest BCUT2D eigenvalue weighted by Gasteiger charge is 2.51. The van der Waals surface area contributed by atoms with Crippen LogP contribution in [-0.4, -0.2) is 41.0 Å². The predicted octanol–water partition coefficient (Wildman–Crippen LogP) is 2.47. The van der Waals surface area contributed by atoms with Crippen molar-refractivity contribution < 1.29 is 14.0 Å². The minimum atomic E-state index is -0.685. The molecule has 1 spiro atoms. The number of amides is 3. The molecule has 1 aromatic rings. The minimum absolute atomic E-state index is 0.117. The summed E-state index contributed by atoms with van der Waals surface area (Å²) in [5.41, 5.74) is 0.126. The molecule has 1 aliphatic carbocycles. The van der Waals surface area contributed by atoms with Gasteiger partial charge in [0.1, 0.15) is 11.4 Å². The molecule has 124 valence electrons. The highest BCUT2D eigenvalue weighted by Crippen LogP contribution is 2.33. The maximum Gasteiger partial charge on any atom is 0.326 e. The third-order valence-corrected chi connectivity index (χ3v) is 4.68. The van der Waals surface area contributed by atoms with E-state index in [4.69, 9.17) is 0 Å². The van der Waals surface area contributed by atoms with Crippen LogP contribution in [-0.2, 0) is 11.3 Å². The highest BCUT2D eigenvalue weighted by atomic mass is 19.1. The largest absolute Gasteiger partial charge is 0.326 e. The van der Waals surface area contributed by atoms with Crippen molar-refractivity contribution >= 4 is 11.9 Å². The third kappa shape index (κ3) is 3.22. The quantitative estimate of drug-likeness (QED) is 0.868. The molecule has 1 N–H and O–H groups in total. The van der Waals surface area contributed by atoms with Gasteiger partial charge < -0.3 is 5.32 Å². The van der Waals surface area contributed by atoms with E-state index in [-0.39, 0.29) is 24.4 Å². The van der Waals surface area contributed by atoms with E-state index in [1.807, 2.05) is 18.0 Å². The second-order valence-electron chi connectivity index (χ2n) is 6.59. The van der Waals surface area contributed by atoms with Gasteiger partial charge in [-0.1, -0.05) is 31.4 Å². The average molecular weight is 319 g/mol. The van der Waals surface area contributed by atoms with Gasteiger partial charge in [-0.2, -0.15) is 0 Å². The van der Waals surface area contributed by atoms with Crippen LogP contribution in [0.5, 0.6) is 0 Å². The fourth-order valence-corrected chi connectivity index (χ4v) is 3.54. The second-order valence-corrected chi connectivity index (χ2v) is 6.59. The van der Waals surface area contributed by atoms with Gasteiger partial charge in [0.2, 0.25) is 0 Å². The summed E-state index contributed by atoms with van der Waals surface area (Å²) in [4.78, 5) is 28.0. The first-order valence-electron chi connectivity index (χ1n) is 8.07. The van der Waals surface area contributed by atoms with Gasteiger partial charge in [0.05, 0.1) is 6.67 Å². The molecule has 2 fully saturated rings. The van der Waals surface area contributed by atoms with Crippen molar-refractivity contribution in [3.8, 4) is 0 Å². The fraction of sp³-hybridized carbons (Fsp3) is 0.529. The Morgan fingerprint density at radius 2 is 2.00 bits per heavy atom. The number of nitrogens with zero attached hydrogens (tertiary/aromatic N) is 2. The van der Waals surface area contributed by atoms with Crippen molar-refractivity contribution in [2.45, 2.75) is 44.2 Å². The topological polar surface area (TPSA) is 52.6 Å². The summed E-state index contributed by atoms with van der Waals surface area (Å²) >= 11 is 0. The van der Waals surface area contributed by atoms with Crippen LogP contribution in [0.25, 0.3) is 0 Å². The van der Waals surface area contributed by atoms with E-state index in [1.165, 1.54) is 17.0 Å². The number of hydrogen-bond acceptors (Lipinski definition) is 3. The number of carbonyl (C=O) groups excluding carboxylic acids is 2. The normalized spacial score (nSPS) is 20.4. The summed E-state index contributed by atoms with van der Waals surface area (Å²) in [6.45, 7) is 0.685. The number of urea groups is 1. The van der Waals surface area contributed by atoms with E-state index in [1.54, 1.807) is 6.07 Å². The van der Waals surface area contributed by atoms with Crippen LogP contribution < -0.4 is 5.32 Å². The van der Waals surface area contributed by atoms with Crippen LogP contribution in [0.15, 0.2) is 24.3 Å². The molecule has 1 saturated carbocycles. The first-order chi connectivity index (χ1) is 11.0. The van der Waals surface area contributed by atoms with Crippen molar-refractivity contribution in [3.63, 3.8) is 0 Å². The SMILES string of the molecule is CN(Cc1cccc(F)c1)CN1C(=O)NC2(CCCCC2)C1=O. The third-order valence-electron chi connectivity index (χ3n) is 4.68. The molecule has 1 heterocycles. The second kappa shape index (κ2) is 6.28. The van der Waals surface area contributed by atoms with Crippen molar-refractivity contribution in [2.24, 2.45) is 0 Å². The molecule has 1 aliphatic heterocycles. The summed E-state index contributed by atoms with van der Waals surface area (Å²) in [5.74, 6) is -0.402. The number of hydrogen-bond donors (Lipinski definition) is 1. The molecule has 0 aromatic heterocycles. The molecule has 23 heavy (non-hydrogen) atoms. The van der Waals surface area contributed by atoms with Crippen LogP contribution >= 0.6 is 0 Å². The maximum absolute atomic E-state index is 13.2. The van der Waals surface area contributed by atoms with Crippen LogP contribution in [0.4, 0.5) is 9.18 Å². The Labute approximate surface area is 135 Å². The summed E-state index contributed by atoms with van der Waals surface area (Å²) in [6.07, 6.45) is 4.51. The lowest BCUT2D eigenvalue weighted by atomic mass is 9.82. The van der Waals surface area contributed by atoms with Crippen molar-refractivity contribution in [1.29, 1.82) is 0 Å². The Kier molecular flexibility index (Phi) is 4.35. The van der Waals surface area contributed by atoms with Gasteiger partial charge >= 0.3 is 6.03 Å². The molecule has 0 unspecified atom stereocenters. The predicted molar refractivity (Wildman–Crippen MR) is 83.9 cm³/mol. The molecule has 6 heteroatoms. The zero-order valence-corrected chi connectivity index (χ0v) is 13.3. The zero-order valence-electron chi connectivity index (χ0n) is 13.3. The number of imide groups is 1. The standard InChI is InChI=1S/C17H22FN3O2/c1-20(11-13-6-5-7-14(18)10-13)12-21-15(22)17(19-16(21)23)8-3-2-4-9-17/h5-7,10H,2-4,8-9,11-12H2,1H3,(H,19,23). The Morgan fingerprint density at radius 3 is 2.70 bits per heavy atom. The number of carbonyl (C=O) groups is 2. The van der Waals surface area contributed by atoms with Gasteiger partial charge in [-0.3, -0.25) is 9.69 Å². The smallest absolute Gasteiger partial charge is 0.323 e. The lowest BCUT2D eigenvalue weighted by molar-refractivity contribution is -0.133. The van der Waals surface area contributed by atoms with Crippen LogP contribution in [0.2, 0.25) is 0 Å². The lowest BCUT2D eigenvalue weighted by Gasteiger charge is -2.31. The Hall–Kier alpha value is -1.95. The zero-order chi connectivity index (χ0) is 16.4. The number of benzene rings is 1. The van der Waals surface area contributed by atoms with Crippen molar-refractivity contribution in [3.05, 3.63) is 35.6 Å². The number of nitrogens with one attached hydrogen (secondary N) is 1.